The summed E-state index contributed by atoms with van der Waals surface area (Å²) in [6.07, 6.45) is -0.173. The van der Waals surface area contributed by atoms with E-state index in [0.29, 0.717) is 13.2 Å². The Balaban J connectivity index is 2.63. The van der Waals surface area contributed by atoms with Crippen molar-refractivity contribution in [2.45, 2.75) is 27.1 Å². The molecule has 1 aromatic rings. The minimum atomic E-state index is -0.173. The van der Waals surface area contributed by atoms with Gasteiger partial charge < -0.3 is 9.47 Å². The van der Waals surface area contributed by atoms with Crippen LogP contribution in [0, 0.1) is 6.92 Å². The number of aryl methyl sites for hydroxylation is 1. The standard InChI is InChI=1S/C10H16O2S/c1-4-11-10(12-5-2)9-6-8(3)7-13-9/h6-7,10H,4-5H2,1-3H3. The zero-order valence-corrected chi connectivity index (χ0v) is 9.19. The number of rotatable bonds is 5. The fourth-order valence-electron chi connectivity index (χ4n) is 1.09. The molecule has 0 radical (unpaired) electrons. The van der Waals surface area contributed by atoms with Gasteiger partial charge in [-0.25, -0.2) is 0 Å². The van der Waals surface area contributed by atoms with E-state index in [1.807, 2.05) is 13.8 Å². The monoisotopic (exact) mass is 200 g/mol. The van der Waals surface area contributed by atoms with Crippen LogP contribution in [0.5, 0.6) is 0 Å². The lowest BCUT2D eigenvalue weighted by Crippen LogP contribution is -2.06. The van der Waals surface area contributed by atoms with Crippen LogP contribution in [-0.2, 0) is 9.47 Å². The van der Waals surface area contributed by atoms with Gasteiger partial charge in [-0.3, -0.25) is 0 Å². The van der Waals surface area contributed by atoms with Crippen LogP contribution in [0.4, 0.5) is 0 Å². The number of hydrogen-bond donors (Lipinski definition) is 0. The fourth-order valence-corrected chi connectivity index (χ4v) is 1.98. The molecule has 13 heavy (non-hydrogen) atoms. The van der Waals surface area contributed by atoms with Crippen molar-refractivity contribution in [2.75, 3.05) is 13.2 Å². The zero-order valence-electron chi connectivity index (χ0n) is 8.37. The second kappa shape index (κ2) is 5.37. The van der Waals surface area contributed by atoms with Gasteiger partial charge in [0.2, 0.25) is 0 Å². The Kier molecular flexibility index (Phi) is 4.42. The third-order valence-electron chi connectivity index (χ3n) is 1.62. The highest BCUT2D eigenvalue weighted by Gasteiger charge is 2.12. The van der Waals surface area contributed by atoms with E-state index < -0.39 is 0 Å². The smallest absolute Gasteiger partial charge is 0.193 e. The number of hydrogen-bond acceptors (Lipinski definition) is 3. The van der Waals surface area contributed by atoms with Crippen LogP contribution < -0.4 is 0 Å². The van der Waals surface area contributed by atoms with Gasteiger partial charge in [-0.1, -0.05) is 0 Å². The van der Waals surface area contributed by atoms with Crippen molar-refractivity contribution in [3.63, 3.8) is 0 Å². The van der Waals surface area contributed by atoms with Gasteiger partial charge in [-0.2, -0.15) is 0 Å². The van der Waals surface area contributed by atoms with Crippen molar-refractivity contribution < 1.29 is 9.47 Å². The highest BCUT2D eigenvalue weighted by molar-refractivity contribution is 7.10. The van der Waals surface area contributed by atoms with Crippen LogP contribution in [0.25, 0.3) is 0 Å². The average molecular weight is 200 g/mol. The zero-order chi connectivity index (χ0) is 9.68. The van der Waals surface area contributed by atoms with Crippen LogP contribution in [0.1, 0.15) is 30.6 Å². The van der Waals surface area contributed by atoms with E-state index >= 15 is 0 Å². The summed E-state index contributed by atoms with van der Waals surface area (Å²) in [4.78, 5) is 1.15. The van der Waals surface area contributed by atoms with Crippen LogP contribution in [0.15, 0.2) is 11.4 Å². The molecule has 1 heterocycles. The lowest BCUT2D eigenvalue weighted by Gasteiger charge is -2.14. The van der Waals surface area contributed by atoms with Gasteiger partial charge in [0.05, 0.1) is 4.88 Å². The first-order valence-electron chi connectivity index (χ1n) is 4.56. The molecule has 0 saturated carbocycles. The summed E-state index contributed by atoms with van der Waals surface area (Å²) in [5, 5.41) is 2.11. The van der Waals surface area contributed by atoms with Gasteiger partial charge in [0, 0.05) is 13.2 Å². The Hall–Kier alpha value is -0.380. The molecular formula is C10H16O2S. The Labute approximate surface area is 83.5 Å². The topological polar surface area (TPSA) is 18.5 Å². The predicted octanol–water partition coefficient (Wildman–Crippen LogP) is 3.13. The molecular weight excluding hydrogens is 184 g/mol. The Morgan fingerprint density at radius 2 is 1.92 bits per heavy atom. The molecule has 0 spiro atoms. The molecule has 1 aromatic heterocycles. The van der Waals surface area contributed by atoms with E-state index in [0.717, 1.165) is 4.88 Å². The van der Waals surface area contributed by atoms with Gasteiger partial charge in [0.15, 0.2) is 6.29 Å². The summed E-state index contributed by atoms with van der Waals surface area (Å²) in [5.74, 6) is 0. The predicted molar refractivity (Wildman–Crippen MR) is 55.0 cm³/mol. The van der Waals surface area contributed by atoms with Crippen molar-refractivity contribution in [3.05, 3.63) is 21.9 Å². The number of ether oxygens (including phenoxy) is 2. The first-order valence-corrected chi connectivity index (χ1v) is 5.44. The molecule has 0 atom stereocenters. The van der Waals surface area contributed by atoms with E-state index in [1.165, 1.54) is 5.56 Å². The van der Waals surface area contributed by atoms with Gasteiger partial charge in [-0.05, 0) is 37.8 Å². The Morgan fingerprint density at radius 1 is 1.31 bits per heavy atom. The molecule has 0 N–H and O–H groups in total. The second-order valence-electron chi connectivity index (χ2n) is 2.77. The fraction of sp³-hybridized carbons (Fsp3) is 0.600. The van der Waals surface area contributed by atoms with Crippen molar-refractivity contribution in [1.82, 2.24) is 0 Å². The van der Waals surface area contributed by atoms with Crippen molar-refractivity contribution in [2.24, 2.45) is 0 Å². The van der Waals surface area contributed by atoms with E-state index in [4.69, 9.17) is 9.47 Å². The van der Waals surface area contributed by atoms with Crippen molar-refractivity contribution >= 4 is 11.3 Å². The summed E-state index contributed by atoms with van der Waals surface area (Å²) < 4.78 is 10.9. The first-order chi connectivity index (χ1) is 6.27. The largest absolute Gasteiger partial charge is 0.348 e. The minimum absolute atomic E-state index is 0.173. The Bertz CT molecular complexity index is 239. The minimum Gasteiger partial charge on any atom is -0.348 e. The molecule has 2 nitrogen and oxygen atoms in total. The SMILES string of the molecule is CCOC(OCC)c1cc(C)cs1. The molecule has 74 valence electrons. The summed E-state index contributed by atoms with van der Waals surface area (Å²) in [6, 6.07) is 2.11. The van der Waals surface area contributed by atoms with Crippen LogP contribution in [0.2, 0.25) is 0 Å². The van der Waals surface area contributed by atoms with Gasteiger partial charge in [-0.15, -0.1) is 11.3 Å². The normalized spacial score (nSPS) is 11.1. The van der Waals surface area contributed by atoms with E-state index in [-0.39, 0.29) is 6.29 Å². The van der Waals surface area contributed by atoms with Crippen molar-refractivity contribution in [1.29, 1.82) is 0 Å². The highest BCUT2D eigenvalue weighted by Crippen LogP contribution is 2.25. The maximum atomic E-state index is 5.47. The molecule has 1 rings (SSSR count). The van der Waals surface area contributed by atoms with Crippen LogP contribution in [0.3, 0.4) is 0 Å². The third kappa shape index (κ3) is 3.10. The quantitative estimate of drug-likeness (QED) is 0.680. The summed E-state index contributed by atoms with van der Waals surface area (Å²) >= 11 is 1.69. The molecule has 0 aromatic carbocycles. The summed E-state index contributed by atoms with van der Waals surface area (Å²) in [5.41, 5.74) is 1.27. The average Bonchev–Trinajstić information content (AvgIpc) is 2.51. The van der Waals surface area contributed by atoms with Gasteiger partial charge >= 0.3 is 0 Å². The molecule has 0 amide bonds. The molecule has 0 aliphatic carbocycles. The number of thiophene rings is 1. The lowest BCUT2D eigenvalue weighted by atomic mass is 10.3. The highest BCUT2D eigenvalue weighted by atomic mass is 32.1. The maximum Gasteiger partial charge on any atom is 0.193 e. The molecule has 0 fully saturated rings. The van der Waals surface area contributed by atoms with E-state index in [9.17, 15) is 0 Å². The second-order valence-corrected chi connectivity index (χ2v) is 3.71. The molecule has 0 saturated heterocycles. The maximum absolute atomic E-state index is 5.47. The molecule has 0 aliphatic heterocycles. The van der Waals surface area contributed by atoms with E-state index in [1.54, 1.807) is 11.3 Å². The first kappa shape index (κ1) is 10.7. The molecule has 0 aliphatic rings. The molecule has 3 heteroatoms. The van der Waals surface area contributed by atoms with Gasteiger partial charge in [0.25, 0.3) is 0 Å². The van der Waals surface area contributed by atoms with Crippen molar-refractivity contribution in [3.8, 4) is 0 Å². The lowest BCUT2D eigenvalue weighted by molar-refractivity contribution is -0.138. The van der Waals surface area contributed by atoms with E-state index in [2.05, 4.69) is 18.4 Å². The Morgan fingerprint density at radius 3 is 2.31 bits per heavy atom. The summed E-state index contributed by atoms with van der Waals surface area (Å²) in [6.45, 7) is 7.40. The van der Waals surface area contributed by atoms with Crippen LogP contribution >= 0.6 is 11.3 Å². The third-order valence-corrected chi connectivity index (χ3v) is 2.69. The molecule has 0 bridgehead atoms. The molecule has 0 unspecified atom stereocenters. The van der Waals surface area contributed by atoms with Gasteiger partial charge in [0.1, 0.15) is 0 Å². The van der Waals surface area contributed by atoms with Crippen LogP contribution in [-0.4, -0.2) is 13.2 Å². The summed E-state index contributed by atoms with van der Waals surface area (Å²) in [7, 11) is 0.